The Morgan fingerprint density at radius 3 is 3.00 bits per heavy atom. The van der Waals surface area contributed by atoms with Crippen LogP contribution in [0.25, 0.3) is 6.08 Å². The van der Waals surface area contributed by atoms with Gasteiger partial charge in [0.1, 0.15) is 0 Å². The number of pyridine rings is 1. The van der Waals surface area contributed by atoms with Crippen molar-refractivity contribution in [3.05, 3.63) is 35.4 Å². The average Bonchev–Trinajstić information content (AvgIpc) is 2.18. The molecule has 0 bridgehead atoms. The number of thiol groups is 1. The molecule has 0 atom stereocenters. The van der Waals surface area contributed by atoms with Crippen molar-refractivity contribution in [2.45, 2.75) is 6.42 Å². The summed E-state index contributed by atoms with van der Waals surface area (Å²) in [5, 5.41) is 0. The van der Waals surface area contributed by atoms with Gasteiger partial charge in [-0.3, -0.25) is 4.79 Å². The summed E-state index contributed by atoms with van der Waals surface area (Å²) in [5.41, 5.74) is 0.553. The van der Waals surface area contributed by atoms with Gasteiger partial charge in [0.05, 0.1) is 5.56 Å². The zero-order valence-electron chi connectivity index (χ0n) is 7.48. The molecule has 1 rings (SSSR count). The first kappa shape index (κ1) is 10.9. The maximum Gasteiger partial charge on any atom is 0.224 e. The standard InChI is InChI=1S/C10H10FNOS/c11-10-9(7-13)8(4-5-12-10)3-1-2-6-14/h1,3-5,7,14H,2,6H2. The molecule has 1 aromatic heterocycles. The van der Waals surface area contributed by atoms with Gasteiger partial charge < -0.3 is 0 Å². The van der Waals surface area contributed by atoms with Crippen LogP contribution in [0.2, 0.25) is 0 Å². The SMILES string of the molecule is O=Cc1c(C=CCCS)ccnc1F. The van der Waals surface area contributed by atoms with Gasteiger partial charge in [0.15, 0.2) is 6.29 Å². The van der Waals surface area contributed by atoms with Crippen LogP contribution in [0.4, 0.5) is 4.39 Å². The van der Waals surface area contributed by atoms with Crippen molar-refractivity contribution in [2.75, 3.05) is 5.75 Å². The number of nitrogens with zero attached hydrogens (tertiary/aromatic N) is 1. The molecule has 0 aliphatic heterocycles. The van der Waals surface area contributed by atoms with E-state index in [2.05, 4.69) is 17.6 Å². The lowest BCUT2D eigenvalue weighted by Crippen LogP contribution is -1.94. The molecule has 0 aliphatic carbocycles. The lowest BCUT2D eigenvalue weighted by Gasteiger charge is -1.98. The quantitative estimate of drug-likeness (QED) is 0.470. The highest BCUT2D eigenvalue weighted by Gasteiger charge is 2.05. The molecule has 0 spiro atoms. The minimum atomic E-state index is -0.729. The Morgan fingerprint density at radius 1 is 1.57 bits per heavy atom. The zero-order valence-corrected chi connectivity index (χ0v) is 8.38. The van der Waals surface area contributed by atoms with Gasteiger partial charge in [-0.05, 0) is 23.8 Å². The van der Waals surface area contributed by atoms with Crippen molar-refractivity contribution in [3.8, 4) is 0 Å². The third kappa shape index (κ3) is 2.67. The van der Waals surface area contributed by atoms with Crippen molar-refractivity contribution in [1.82, 2.24) is 4.98 Å². The van der Waals surface area contributed by atoms with Gasteiger partial charge >= 0.3 is 0 Å². The van der Waals surface area contributed by atoms with Crippen molar-refractivity contribution < 1.29 is 9.18 Å². The first-order valence-corrected chi connectivity index (χ1v) is 4.80. The molecule has 0 saturated heterocycles. The lowest BCUT2D eigenvalue weighted by atomic mass is 10.1. The van der Waals surface area contributed by atoms with Gasteiger partial charge in [-0.15, -0.1) is 0 Å². The van der Waals surface area contributed by atoms with E-state index in [1.807, 2.05) is 6.08 Å². The normalized spacial score (nSPS) is 10.7. The number of allylic oxidation sites excluding steroid dienone is 1. The van der Waals surface area contributed by atoms with Crippen LogP contribution < -0.4 is 0 Å². The highest BCUT2D eigenvalue weighted by molar-refractivity contribution is 7.80. The molecule has 4 heteroatoms. The Kier molecular flexibility index (Phi) is 4.32. The maximum atomic E-state index is 13.0. The van der Waals surface area contributed by atoms with Crippen LogP contribution in [0.5, 0.6) is 0 Å². The molecule has 2 nitrogen and oxygen atoms in total. The topological polar surface area (TPSA) is 30.0 Å². The van der Waals surface area contributed by atoms with E-state index in [1.54, 1.807) is 12.1 Å². The van der Waals surface area contributed by atoms with E-state index < -0.39 is 5.95 Å². The van der Waals surface area contributed by atoms with E-state index in [9.17, 15) is 9.18 Å². The summed E-state index contributed by atoms with van der Waals surface area (Å²) in [4.78, 5) is 13.9. The monoisotopic (exact) mass is 211 g/mol. The lowest BCUT2D eigenvalue weighted by molar-refractivity contribution is 0.111. The number of carbonyl (C=O) groups excluding carboxylic acids is 1. The first-order chi connectivity index (χ1) is 6.79. The largest absolute Gasteiger partial charge is 0.298 e. The molecule has 0 amide bonds. The van der Waals surface area contributed by atoms with Crippen LogP contribution in [0.1, 0.15) is 22.3 Å². The number of aromatic nitrogens is 1. The Bertz CT molecular complexity index is 352. The van der Waals surface area contributed by atoms with E-state index in [-0.39, 0.29) is 5.56 Å². The Labute approximate surface area is 87.3 Å². The van der Waals surface area contributed by atoms with Crippen molar-refractivity contribution in [3.63, 3.8) is 0 Å². The molecule has 1 aromatic rings. The molecular formula is C10H10FNOS. The maximum absolute atomic E-state index is 13.0. The van der Waals surface area contributed by atoms with E-state index in [0.29, 0.717) is 11.8 Å². The van der Waals surface area contributed by atoms with Crippen LogP contribution in [-0.4, -0.2) is 17.0 Å². The summed E-state index contributed by atoms with van der Waals surface area (Å²) in [7, 11) is 0. The van der Waals surface area contributed by atoms with Crippen molar-refractivity contribution in [2.24, 2.45) is 0 Å². The molecule has 14 heavy (non-hydrogen) atoms. The molecule has 0 saturated carbocycles. The summed E-state index contributed by atoms with van der Waals surface area (Å²) in [6, 6.07) is 1.60. The van der Waals surface area contributed by atoms with Gasteiger partial charge in [0, 0.05) is 6.20 Å². The second kappa shape index (κ2) is 5.54. The highest BCUT2D eigenvalue weighted by Crippen LogP contribution is 2.11. The van der Waals surface area contributed by atoms with E-state index in [0.717, 1.165) is 12.2 Å². The number of carbonyl (C=O) groups is 1. The first-order valence-electron chi connectivity index (χ1n) is 4.16. The van der Waals surface area contributed by atoms with E-state index >= 15 is 0 Å². The number of rotatable bonds is 4. The van der Waals surface area contributed by atoms with Gasteiger partial charge in [-0.25, -0.2) is 4.98 Å². The van der Waals surface area contributed by atoms with Crippen molar-refractivity contribution >= 4 is 25.0 Å². The van der Waals surface area contributed by atoms with Crippen LogP contribution >= 0.6 is 12.6 Å². The summed E-state index contributed by atoms with van der Waals surface area (Å²) in [6.45, 7) is 0. The third-order valence-corrected chi connectivity index (χ3v) is 1.94. The summed E-state index contributed by atoms with van der Waals surface area (Å²) < 4.78 is 13.0. The minimum absolute atomic E-state index is 0.00270. The Morgan fingerprint density at radius 2 is 2.36 bits per heavy atom. The van der Waals surface area contributed by atoms with Crippen LogP contribution in [-0.2, 0) is 0 Å². The number of halogens is 1. The second-order valence-electron chi connectivity index (χ2n) is 2.64. The Balaban J connectivity index is 2.96. The smallest absolute Gasteiger partial charge is 0.224 e. The van der Waals surface area contributed by atoms with Crippen molar-refractivity contribution in [1.29, 1.82) is 0 Å². The van der Waals surface area contributed by atoms with Gasteiger partial charge in [-0.1, -0.05) is 12.2 Å². The Hall–Kier alpha value is -1.16. The van der Waals surface area contributed by atoms with Gasteiger partial charge in [-0.2, -0.15) is 17.0 Å². The molecule has 0 fully saturated rings. The fourth-order valence-corrected chi connectivity index (χ4v) is 1.16. The third-order valence-electron chi connectivity index (χ3n) is 1.69. The predicted octanol–water partition coefficient (Wildman–Crippen LogP) is 2.37. The summed E-state index contributed by atoms with van der Waals surface area (Å²) >= 11 is 4.03. The molecule has 0 aromatic carbocycles. The minimum Gasteiger partial charge on any atom is -0.298 e. The van der Waals surface area contributed by atoms with E-state index in [4.69, 9.17) is 0 Å². The molecule has 0 N–H and O–H groups in total. The molecule has 0 unspecified atom stereocenters. The fraction of sp³-hybridized carbons (Fsp3) is 0.200. The predicted molar refractivity (Wildman–Crippen MR) is 57.1 cm³/mol. The molecule has 0 radical (unpaired) electrons. The fourth-order valence-electron chi connectivity index (χ4n) is 1.01. The molecule has 1 heterocycles. The second-order valence-corrected chi connectivity index (χ2v) is 3.08. The number of hydrogen-bond acceptors (Lipinski definition) is 3. The summed E-state index contributed by atoms with van der Waals surface area (Å²) in [6.07, 6.45) is 6.14. The molecular weight excluding hydrogens is 201 g/mol. The number of aldehydes is 1. The average molecular weight is 211 g/mol. The van der Waals surface area contributed by atoms with Gasteiger partial charge in [0.2, 0.25) is 5.95 Å². The van der Waals surface area contributed by atoms with Crippen LogP contribution in [0.15, 0.2) is 18.3 Å². The van der Waals surface area contributed by atoms with Gasteiger partial charge in [0.25, 0.3) is 0 Å². The molecule has 74 valence electrons. The number of hydrogen-bond donors (Lipinski definition) is 1. The zero-order chi connectivity index (χ0) is 10.4. The molecule has 0 aliphatic rings. The van der Waals surface area contributed by atoms with Crippen LogP contribution in [0, 0.1) is 5.95 Å². The summed E-state index contributed by atoms with van der Waals surface area (Å²) in [5.74, 6) is -0.00598. The van der Waals surface area contributed by atoms with E-state index in [1.165, 1.54) is 6.20 Å². The highest BCUT2D eigenvalue weighted by atomic mass is 32.1. The van der Waals surface area contributed by atoms with Crippen LogP contribution in [0.3, 0.4) is 0 Å².